The Balaban J connectivity index is 2.41. The van der Waals surface area contributed by atoms with Gasteiger partial charge >= 0.3 is 5.97 Å². The average Bonchev–Trinajstić information content (AvgIpc) is 2.98. The lowest BCUT2D eigenvalue weighted by molar-refractivity contribution is 0.0602. The van der Waals surface area contributed by atoms with E-state index in [1.807, 2.05) is 13.8 Å². The van der Waals surface area contributed by atoms with Crippen molar-refractivity contribution in [2.75, 3.05) is 12.4 Å². The number of esters is 1. The van der Waals surface area contributed by atoms with Crippen LogP contribution in [0.25, 0.3) is 0 Å². The van der Waals surface area contributed by atoms with Gasteiger partial charge in [-0.05, 0) is 44.5 Å². The number of carbonyl (C=O) groups is 2. The Morgan fingerprint density at radius 2 is 2.04 bits per heavy atom. The molecule has 6 nitrogen and oxygen atoms in total. The molecule has 0 aliphatic heterocycles. The molecule has 0 saturated heterocycles. The zero-order valence-corrected chi connectivity index (χ0v) is 14.1. The molecule has 0 radical (unpaired) electrons. The summed E-state index contributed by atoms with van der Waals surface area (Å²) in [5.41, 5.74) is 1.66. The topological polar surface area (TPSA) is 73.2 Å². The van der Waals surface area contributed by atoms with Crippen LogP contribution in [0.1, 0.15) is 46.3 Å². The molecule has 1 aromatic heterocycles. The van der Waals surface area contributed by atoms with E-state index in [0.29, 0.717) is 22.0 Å². The predicted octanol–water partition coefficient (Wildman–Crippen LogP) is 3.46. The van der Waals surface area contributed by atoms with E-state index in [1.54, 1.807) is 29.9 Å². The predicted molar refractivity (Wildman–Crippen MR) is 88.1 cm³/mol. The van der Waals surface area contributed by atoms with Gasteiger partial charge in [-0.2, -0.15) is 5.10 Å². The molecule has 0 fully saturated rings. The number of nitrogens with one attached hydrogen (secondary N) is 1. The van der Waals surface area contributed by atoms with E-state index in [9.17, 15) is 9.59 Å². The maximum absolute atomic E-state index is 12.5. The van der Waals surface area contributed by atoms with E-state index in [4.69, 9.17) is 16.3 Å². The molecule has 0 spiro atoms. The highest BCUT2D eigenvalue weighted by Gasteiger charge is 2.20. The smallest absolute Gasteiger partial charge is 0.340 e. The minimum atomic E-state index is -0.566. The molecule has 1 amide bonds. The van der Waals surface area contributed by atoms with Crippen LogP contribution in [-0.2, 0) is 4.74 Å². The van der Waals surface area contributed by atoms with E-state index in [0.717, 1.165) is 0 Å². The van der Waals surface area contributed by atoms with Crippen molar-refractivity contribution in [1.82, 2.24) is 9.78 Å². The number of methoxy groups -OCH3 is 1. The number of rotatable bonds is 4. The molecule has 0 bridgehead atoms. The van der Waals surface area contributed by atoms with Gasteiger partial charge in [-0.15, -0.1) is 0 Å². The molecule has 122 valence electrons. The summed E-state index contributed by atoms with van der Waals surface area (Å²) in [6.07, 6.45) is 1.56. The first-order valence-electron chi connectivity index (χ1n) is 7.08. The SMILES string of the molecule is COC(=O)c1cc(Cl)cc(C)c1NC(=O)c1ccnn1C(C)C. The third-order valence-corrected chi connectivity index (χ3v) is 3.55. The molecule has 7 heteroatoms. The first-order chi connectivity index (χ1) is 10.8. The summed E-state index contributed by atoms with van der Waals surface area (Å²) in [6.45, 7) is 5.61. The Bertz CT molecular complexity index is 753. The summed E-state index contributed by atoms with van der Waals surface area (Å²) >= 11 is 5.99. The number of aryl methyl sites for hydroxylation is 1. The lowest BCUT2D eigenvalue weighted by Gasteiger charge is -2.15. The highest BCUT2D eigenvalue weighted by atomic mass is 35.5. The number of anilines is 1. The number of halogens is 1. The number of carbonyl (C=O) groups excluding carboxylic acids is 2. The van der Waals surface area contributed by atoms with Gasteiger partial charge in [0.05, 0.1) is 18.4 Å². The zero-order chi connectivity index (χ0) is 17.1. The molecule has 1 N–H and O–H groups in total. The Hall–Kier alpha value is -2.34. The normalized spacial score (nSPS) is 10.7. The molecular weight excluding hydrogens is 318 g/mol. The van der Waals surface area contributed by atoms with Crippen LogP contribution in [-0.4, -0.2) is 28.8 Å². The lowest BCUT2D eigenvalue weighted by atomic mass is 10.1. The molecular formula is C16H18ClN3O3. The molecule has 0 saturated carbocycles. The number of aromatic nitrogens is 2. The van der Waals surface area contributed by atoms with Crippen molar-refractivity contribution in [3.8, 4) is 0 Å². The molecule has 0 aliphatic carbocycles. The van der Waals surface area contributed by atoms with E-state index in [2.05, 4.69) is 10.4 Å². The first kappa shape index (κ1) is 17.0. The molecule has 23 heavy (non-hydrogen) atoms. The number of nitrogens with zero attached hydrogens (tertiary/aromatic N) is 2. The van der Waals surface area contributed by atoms with E-state index >= 15 is 0 Å². The summed E-state index contributed by atoms with van der Waals surface area (Å²) in [4.78, 5) is 24.5. The van der Waals surface area contributed by atoms with E-state index in [1.165, 1.54) is 13.2 Å². The highest BCUT2D eigenvalue weighted by molar-refractivity contribution is 6.31. The van der Waals surface area contributed by atoms with E-state index < -0.39 is 5.97 Å². The quantitative estimate of drug-likeness (QED) is 0.868. The standard InChI is InChI=1S/C16H18ClN3O3/c1-9(2)20-13(5-6-18-20)15(21)19-14-10(3)7-11(17)8-12(14)16(22)23-4/h5-9H,1-4H3,(H,19,21). The second kappa shape index (κ2) is 6.83. The number of hydrogen-bond acceptors (Lipinski definition) is 4. The molecule has 0 unspecified atom stereocenters. The summed E-state index contributed by atoms with van der Waals surface area (Å²) < 4.78 is 6.36. The van der Waals surface area contributed by atoms with Crippen LogP contribution >= 0.6 is 11.6 Å². The summed E-state index contributed by atoms with van der Waals surface area (Å²) in [5, 5.41) is 7.29. The fourth-order valence-electron chi connectivity index (χ4n) is 2.26. The van der Waals surface area contributed by atoms with Crippen molar-refractivity contribution >= 4 is 29.2 Å². The Labute approximate surface area is 139 Å². The lowest BCUT2D eigenvalue weighted by Crippen LogP contribution is -2.21. The van der Waals surface area contributed by atoms with Gasteiger partial charge < -0.3 is 10.1 Å². The third kappa shape index (κ3) is 3.53. The van der Waals surface area contributed by atoms with Crippen LogP contribution in [0.5, 0.6) is 0 Å². The van der Waals surface area contributed by atoms with Crippen LogP contribution in [0.4, 0.5) is 5.69 Å². The summed E-state index contributed by atoms with van der Waals surface area (Å²) in [6, 6.07) is 4.80. The van der Waals surface area contributed by atoms with Gasteiger partial charge in [-0.25, -0.2) is 4.79 Å². The molecule has 0 aliphatic rings. The first-order valence-corrected chi connectivity index (χ1v) is 7.46. The van der Waals surface area contributed by atoms with Gasteiger partial charge in [0.25, 0.3) is 5.91 Å². The Kier molecular flexibility index (Phi) is 5.05. The maximum atomic E-state index is 12.5. The van der Waals surface area contributed by atoms with Crippen molar-refractivity contribution in [3.05, 3.63) is 46.2 Å². The summed E-state index contributed by atoms with van der Waals surface area (Å²) in [5.74, 6) is -0.921. The highest BCUT2D eigenvalue weighted by Crippen LogP contribution is 2.27. The van der Waals surface area contributed by atoms with Gasteiger partial charge in [-0.3, -0.25) is 9.48 Å². The maximum Gasteiger partial charge on any atom is 0.340 e. The molecule has 2 aromatic rings. The number of ether oxygens (including phenoxy) is 1. The molecule has 1 aromatic carbocycles. The Morgan fingerprint density at radius 1 is 1.35 bits per heavy atom. The van der Waals surface area contributed by atoms with Gasteiger partial charge in [0.2, 0.25) is 0 Å². The van der Waals surface area contributed by atoms with Crippen molar-refractivity contribution in [3.63, 3.8) is 0 Å². The fraction of sp³-hybridized carbons (Fsp3) is 0.312. The fourth-order valence-corrected chi connectivity index (χ4v) is 2.54. The largest absolute Gasteiger partial charge is 0.465 e. The van der Waals surface area contributed by atoms with Gasteiger partial charge in [0.1, 0.15) is 5.69 Å². The molecule has 0 atom stereocenters. The van der Waals surface area contributed by atoms with Crippen LogP contribution < -0.4 is 5.32 Å². The zero-order valence-electron chi connectivity index (χ0n) is 13.4. The number of hydrogen-bond donors (Lipinski definition) is 1. The third-order valence-electron chi connectivity index (χ3n) is 3.34. The molecule has 2 rings (SSSR count). The van der Waals surface area contributed by atoms with Gasteiger partial charge in [0, 0.05) is 17.3 Å². The van der Waals surface area contributed by atoms with Crippen LogP contribution in [0, 0.1) is 6.92 Å². The number of amides is 1. The van der Waals surface area contributed by atoms with Crippen molar-refractivity contribution < 1.29 is 14.3 Å². The van der Waals surface area contributed by atoms with Crippen molar-refractivity contribution in [1.29, 1.82) is 0 Å². The van der Waals surface area contributed by atoms with E-state index in [-0.39, 0.29) is 17.5 Å². The summed E-state index contributed by atoms with van der Waals surface area (Å²) in [7, 11) is 1.28. The minimum absolute atomic E-state index is 0.0390. The van der Waals surface area contributed by atoms with Crippen LogP contribution in [0.3, 0.4) is 0 Å². The van der Waals surface area contributed by atoms with Gasteiger partial charge in [0.15, 0.2) is 0 Å². The number of benzene rings is 1. The van der Waals surface area contributed by atoms with Crippen LogP contribution in [0.2, 0.25) is 5.02 Å². The average molecular weight is 336 g/mol. The monoisotopic (exact) mass is 335 g/mol. The van der Waals surface area contributed by atoms with Crippen LogP contribution in [0.15, 0.2) is 24.4 Å². The second-order valence-corrected chi connectivity index (χ2v) is 5.78. The van der Waals surface area contributed by atoms with Crippen molar-refractivity contribution in [2.45, 2.75) is 26.8 Å². The Morgan fingerprint density at radius 3 is 2.65 bits per heavy atom. The van der Waals surface area contributed by atoms with Gasteiger partial charge in [-0.1, -0.05) is 11.6 Å². The van der Waals surface area contributed by atoms with Crippen molar-refractivity contribution in [2.24, 2.45) is 0 Å². The second-order valence-electron chi connectivity index (χ2n) is 5.35. The molecule has 1 heterocycles. The minimum Gasteiger partial charge on any atom is -0.465 e.